The fourth-order valence-electron chi connectivity index (χ4n) is 5.43. The second-order valence-corrected chi connectivity index (χ2v) is 10.9. The van der Waals surface area contributed by atoms with Crippen LogP contribution in [0.3, 0.4) is 0 Å². The Morgan fingerprint density at radius 1 is 0.545 bits per heavy atom. The molecule has 0 aliphatic heterocycles. The van der Waals surface area contributed by atoms with E-state index in [2.05, 4.69) is 151 Å². The molecular formula is C41H46Cl2Hf. The van der Waals surface area contributed by atoms with Crippen LogP contribution in [0.5, 0.6) is 0 Å². The van der Waals surface area contributed by atoms with Crippen molar-refractivity contribution in [3.8, 4) is 22.3 Å². The molecule has 6 rings (SSSR count). The zero-order valence-corrected chi connectivity index (χ0v) is 31.9. The van der Waals surface area contributed by atoms with Crippen LogP contribution in [0.25, 0.3) is 43.8 Å². The van der Waals surface area contributed by atoms with E-state index in [1.54, 1.807) is 0 Å². The molecule has 0 nitrogen and oxygen atoms in total. The third kappa shape index (κ3) is 10.3. The maximum atomic E-state index is 3.38. The number of benzene rings is 4. The molecule has 0 spiro atoms. The summed E-state index contributed by atoms with van der Waals surface area (Å²) < 4.78 is 0. The third-order valence-electron chi connectivity index (χ3n) is 7.42. The Morgan fingerprint density at radius 3 is 1.20 bits per heavy atom. The standard InChI is InChI=1S/2C19H19.C3H6.2ClH.Hf/c2*1-3-5-15-12-17-6-4-7-18(19(17)13-15)16-10-8-14(2)9-11-16;1-3-2;;;/h2*4,6-13H,3,5H2,1-2H3;1-3H2;2*1H;/q2*-1;-2;;;+4. The van der Waals surface area contributed by atoms with Gasteiger partial charge in [0.1, 0.15) is 0 Å². The van der Waals surface area contributed by atoms with Crippen molar-refractivity contribution in [2.24, 2.45) is 0 Å². The van der Waals surface area contributed by atoms with Crippen LogP contribution in [0, 0.1) is 27.7 Å². The van der Waals surface area contributed by atoms with Gasteiger partial charge < -0.3 is 20.3 Å². The molecule has 0 aliphatic rings. The Bertz CT molecular complexity index is 1530. The molecule has 0 radical (unpaired) electrons. The van der Waals surface area contributed by atoms with Gasteiger partial charge in [0.15, 0.2) is 0 Å². The molecule has 0 aromatic heterocycles. The minimum Gasteiger partial charge on any atom is -0.372 e. The van der Waals surface area contributed by atoms with Gasteiger partial charge in [-0.3, -0.25) is 0 Å². The summed E-state index contributed by atoms with van der Waals surface area (Å²) in [5, 5.41) is 5.49. The molecule has 0 saturated heterocycles. The summed E-state index contributed by atoms with van der Waals surface area (Å²) in [5.41, 5.74) is 10.8. The van der Waals surface area contributed by atoms with Crippen molar-refractivity contribution in [2.45, 2.75) is 59.8 Å². The molecule has 44 heavy (non-hydrogen) atoms. The fourth-order valence-corrected chi connectivity index (χ4v) is 5.43. The number of aryl methyl sites for hydroxylation is 4. The van der Waals surface area contributed by atoms with Crippen LogP contribution in [0.4, 0.5) is 0 Å². The van der Waals surface area contributed by atoms with E-state index >= 15 is 0 Å². The van der Waals surface area contributed by atoms with Crippen molar-refractivity contribution in [2.75, 3.05) is 0 Å². The molecule has 228 valence electrons. The average molecular weight is 788 g/mol. The SMILES string of the molecule is CCCc1cc2c(-c3ccc(C)cc3)cccc2[cH-]1.CCCc1cc2c(-c3ccc(C)cc3)cccc2[cH-]1.Cl.Cl.[CH2-]C[CH2-].[Hf+4]. The van der Waals surface area contributed by atoms with Crippen LogP contribution >= 0.6 is 24.8 Å². The summed E-state index contributed by atoms with van der Waals surface area (Å²) >= 11 is 0. The number of fused-ring (bicyclic) bond motifs is 2. The number of halogens is 2. The first-order valence-corrected chi connectivity index (χ1v) is 15.1. The Labute approximate surface area is 297 Å². The van der Waals surface area contributed by atoms with Crippen molar-refractivity contribution in [1.29, 1.82) is 0 Å². The molecule has 0 saturated carbocycles. The van der Waals surface area contributed by atoms with Gasteiger partial charge in [0.25, 0.3) is 0 Å². The molecule has 0 amide bonds. The van der Waals surface area contributed by atoms with Crippen molar-refractivity contribution < 1.29 is 25.8 Å². The van der Waals surface area contributed by atoms with Crippen LogP contribution in [-0.4, -0.2) is 0 Å². The predicted octanol–water partition coefficient (Wildman–Crippen LogP) is 12.9. The molecule has 0 atom stereocenters. The molecule has 0 N–H and O–H groups in total. The summed E-state index contributed by atoms with van der Waals surface area (Å²) in [5.74, 6) is 0. The van der Waals surface area contributed by atoms with Gasteiger partial charge in [-0.1, -0.05) is 110 Å². The Balaban J connectivity index is 0.000000380. The largest absolute Gasteiger partial charge is 4.00 e. The van der Waals surface area contributed by atoms with E-state index in [1.807, 2.05) is 0 Å². The van der Waals surface area contributed by atoms with Gasteiger partial charge in [-0.25, -0.2) is 0 Å². The van der Waals surface area contributed by atoms with Gasteiger partial charge in [0, 0.05) is 0 Å². The average Bonchev–Trinajstić information content (AvgIpc) is 3.58. The first-order chi connectivity index (χ1) is 20.0. The predicted molar refractivity (Wildman–Crippen MR) is 197 cm³/mol. The molecular weight excluding hydrogens is 742 g/mol. The summed E-state index contributed by atoms with van der Waals surface area (Å²) in [6, 6.07) is 40.2. The maximum Gasteiger partial charge on any atom is 4.00 e. The summed E-state index contributed by atoms with van der Waals surface area (Å²) in [4.78, 5) is 0. The van der Waals surface area contributed by atoms with Crippen molar-refractivity contribution in [3.63, 3.8) is 0 Å². The van der Waals surface area contributed by atoms with Gasteiger partial charge in [-0.15, -0.1) is 93.9 Å². The van der Waals surface area contributed by atoms with Crippen molar-refractivity contribution >= 4 is 46.4 Å². The molecule has 0 aliphatic carbocycles. The van der Waals surface area contributed by atoms with E-state index in [0.717, 1.165) is 6.42 Å². The summed E-state index contributed by atoms with van der Waals surface area (Å²) in [6.07, 6.45) is 5.50. The monoisotopic (exact) mass is 788 g/mol. The summed E-state index contributed by atoms with van der Waals surface area (Å²) in [7, 11) is 0. The quantitative estimate of drug-likeness (QED) is 0.116. The maximum absolute atomic E-state index is 3.38. The third-order valence-corrected chi connectivity index (χ3v) is 7.42. The molecule has 3 heteroatoms. The van der Waals surface area contributed by atoms with Gasteiger partial charge in [0.2, 0.25) is 0 Å². The van der Waals surface area contributed by atoms with Gasteiger partial charge in [-0.05, 0) is 37.8 Å². The van der Waals surface area contributed by atoms with E-state index in [-0.39, 0.29) is 50.7 Å². The molecule has 6 aromatic rings. The first kappa shape index (κ1) is 39.6. The topological polar surface area (TPSA) is 0 Å². The van der Waals surface area contributed by atoms with Crippen LogP contribution in [-0.2, 0) is 38.7 Å². The van der Waals surface area contributed by atoms with E-state index in [1.165, 1.54) is 91.7 Å². The van der Waals surface area contributed by atoms with Gasteiger partial charge >= 0.3 is 25.8 Å². The number of hydrogen-bond donors (Lipinski definition) is 0. The smallest absolute Gasteiger partial charge is 0.372 e. The number of hydrogen-bond acceptors (Lipinski definition) is 0. The zero-order chi connectivity index (χ0) is 29.2. The first-order valence-electron chi connectivity index (χ1n) is 15.1. The molecule has 0 fully saturated rings. The second-order valence-electron chi connectivity index (χ2n) is 10.9. The van der Waals surface area contributed by atoms with Crippen LogP contribution < -0.4 is 0 Å². The minimum atomic E-state index is 0. The van der Waals surface area contributed by atoms with Crippen LogP contribution in [0.1, 0.15) is 55.4 Å². The van der Waals surface area contributed by atoms with Crippen LogP contribution in [0.2, 0.25) is 0 Å². The molecule has 0 heterocycles. The van der Waals surface area contributed by atoms with Crippen molar-refractivity contribution in [3.05, 3.63) is 145 Å². The van der Waals surface area contributed by atoms with E-state index < -0.39 is 0 Å². The fraction of sp³-hybridized carbons (Fsp3) is 0.220. The van der Waals surface area contributed by atoms with Crippen molar-refractivity contribution in [1.82, 2.24) is 0 Å². The summed E-state index contributed by atoms with van der Waals surface area (Å²) in [6.45, 7) is 15.5. The van der Waals surface area contributed by atoms with E-state index in [9.17, 15) is 0 Å². The van der Waals surface area contributed by atoms with Crippen LogP contribution in [0.15, 0.2) is 109 Å². The zero-order valence-electron chi connectivity index (χ0n) is 26.7. The van der Waals surface area contributed by atoms with E-state index in [4.69, 9.17) is 0 Å². The second kappa shape index (κ2) is 19.8. The molecule has 0 bridgehead atoms. The van der Waals surface area contributed by atoms with E-state index in [0.29, 0.717) is 0 Å². The molecule has 6 aromatic carbocycles. The molecule has 0 unspecified atom stereocenters. The Morgan fingerprint density at radius 2 is 0.886 bits per heavy atom. The number of rotatable bonds is 6. The Kier molecular flexibility index (Phi) is 17.8. The Hall–Kier alpha value is -2.45. The van der Waals surface area contributed by atoms with Gasteiger partial charge in [0.05, 0.1) is 0 Å². The van der Waals surface area contributed by atoms with Gasteiger partial charge in [-0.2, -0.15) is 12.1 Å². The normalized spacial score (nSPS) is 9.95. The minimum absolute atomic E-state index is 0.